The molecule has 0 aliphatic carbocycles. The molecule has 2 rings (SSSR count). The summed E-state index contributed by atoms with van der Waals surface area (Å²) in [6.45, 7) is 4.51. The average Bonchev–Trinajstić information content (AvgIpc) is 2.67. The van der Waals surface area contributed by atoms with Gasteiger partial charge in [0.15, 0.2) is 0 Å². The SMILES string of the molecule is CCC(CC)c1ccc(N2COCC(C(=O)OC)=C2C(=O)OC)cc1. The number of carbonyl (C=O) groups excluding carboxylic acids is 2. The Balaban J connectivity index is 2.41. The Bertz CT molecular complexity index is 646. The molecule has 0 atom stereocenters. The fraction of sp³-hybridized carbons (Fsp3) is 0.474. The van der Waals surface area contributed by atoms with Crippen LogP contribution in [-0.2, 0) is 23.8 Å². The summed E-state index contributed by atoms with van der Waals surface area (Å²) in [5, 5.41) is 0. The summed E-state index contributed by atoms with van der Waals surface area (Å²) < 4.78 is 15.1. The lowest BCUT2D eigenvalue weighted by Crippen LogP contribution is -2.38. The number of nitrogens with zero attached hydrogens (tertiary/aromatic N) is 1. The summed E-state index contributed by atoms with van der Waals surface area (Å²) in [6, 6.07) is 7.96. The van der Waals surface area contributed by atoms with Crippen molar-refractivity contribution in [2.45, 2.75) is 32.6 Å². The van der Waals surface area contributed by atoms with E-state index in [1.165, 1.54) is 19.8 Å². The molecule has 0 saturated heterocycles. The quantitative estimate of drug-likeness (QED) is 0.737. The maximum absolute atomic E-state index is 12.3. The molecule has 0 saturated carbocycles. The molecule has 1 aliphatic rings. The van der Waals surface area contributed by atoms with Crippen LogP contribution in [0, 0.1) is 0 Å². The van der Waals surface area contributed by atoms with Crippen LogP contribution in [0.4, 0.5) is 5.69 Å². The molecule has 0 N–H and O–H groups in total. The topological polar surface area (TPSA) is 65.1 Å². The number of hydrogen-bond acceptors (Lipinski definition) is 6. The molecular weight excluding hydrogens is 322 g/mol. The molecule has 6 nitrogen and oxygen atoms in total. The van der Waals surface area contributed by atoms with E-state index in [1.807, 2.05) is 24.3 Å². The zero-order valence-corrected chi connectivity index (χ0v) is 15.2. The molecular formula is C19H25NO5. The molecule has 0 fully saturated rings. The highest BCUT2D eigenvalue weighted by Crippen LogP contribution is 2.29. The van der Waals surface area contributed by atoms with Crippen molar-refractivity contribution in [3.05, 3.63) is 41.1 Å². The molecule has 136 valence electrons. The summed E-state index contributed by atoms with van der Waals surface area (Å²) >= 11 is 0. The van der Waals surface area contributed by atoms with Gasteiger partial charge in [0.05, 0.1) is 26.4 Å². The number of benzene rings is 1. The zero-order chi connectivity index (χ0) is 18.4. The molecule has 0 radical (unpaired) electrons. The highest BCUT2D eigenvalue weighted by atomic mass is 16.5. The second kappa shape index (κ2) is 8.67. The van der Waals surface area contributed by atoms with Crippen molar-refractivity contribution in [1.82, 2.24) is 0 Å². The molecule has 0 amide bonds. The van der Waals surface area contributed by atoms with Crippen molar-refractivity contribution >= 4 is 17.6 Å². The summed E-state index contributed by atoms with van der Waals surface area (Å²) in [6.07, 6.45) is 2.14. The second-order valence-corrected chi connectivity index (χ2v) is 5.82. The Hall–Kier alpha value is -2.34. The summed E-state index contributed by atoms with van der Waals surface area (Å²) in [7, 11) is 2.56. The minimum absolute atomic E-state index is 0.0133. The number of carbonyl (C=O) groups is 2. The highest BCUT2D eigenvalue weighted by Gasteiger charge is 2.32. The molecule has 1 aromatic carbocycles. The summed E-state index contributed by atoms with van der Waals surface area (Å²) in [4.78, 5) is 25.9. The molecule has 1 aromatic rings. The van der Waals surface area contributed by atoms with E-state index in [2.05, 4.69) is 13.8 Å². The van der Waals surface area contributed by atoms with Crippen LogP contribution >= 0.6 is 0 Å². The number of hydrogen-bond donors (Lipinski definition) is 0. The third-order valence-corrected chi connectivity index (χ3v) is 4.49. The van der Waals surface area contributed by atoms with E-state index in [-0.39, 0.29) is 24.6 Å². The van der Waals surface area contributed by atoms with Crippen molar-refractivity contribution in [2.24, 2.45) is 0 Å². The number of methoxy groups -OCH3 is 2. The zero-order valence-electron chi connectivity index (χ0n) is 15.2. The Morgan fingerprint density at radius 2 is 1.68 bits per heavy atom. The first kappa shape index (κ1) is 19.0. The van der Waals surface area contributed by atoms with Crippen molar-refractivity contribution in [3.8, 4) is 0 Å². The van der Waals surface area contributed by atoms with Crippen molar-refractivity contribution < 1.29 is 23.8 Å². The molecule has 1 heterocycles. The van der Waals surface area contributed by atoms with Gasteiger partial charge in [-0.3, -0.25) is 0 Å². The van der Waals surface area contributed by atoms with Crippen LogP contribution < -0.4 is 4.90 Å². The Labute approximate surface area is 148 Å². The molecule has 0 bridgehead atoms. The first-order valence-corrected chi connectivity index (χ1v) is 8.42. The normalized spacial score (nSPS) is 14.7. The standard InChI is InChI=1S/C19H25NO5/c1-5-13(6-2)14-7-9-15(10-8-14)20-12-25-11-16(18(21)23-3)17(20)19(22)24-4/h7-10,13H,5-6,11-12H2,1-4H3. The van der Waals surface area contributed by atoms with E-state index in [1.54, 1.807) is 4.90 Å². The minimum Gasteiger partial charge on any atom is -0.466 e. The number of rotatable bonds is 6. The summed E-state index contributed by atoms with van der Waals surface area (Å²) in [5.74, 6) is -0.681. The van der Waals surface area contributed by atoms with E-state index >= 15 is 0 Å². The number of ether oxygens (including phenoxy) is 3. The van der Waals surface area contributed by atoms with Crippen molar-refractivity contribution in [1.29, 1.82) is 0 Å². The van der Waals surface area contributed by atoms with Gasteiger partial charge in [0, 0.05) is 5.69 Å². The average molecular weight is 347 g/mol. The first-order valence-electron chi connectivity index (χ1n) is 8.42. The molecule has 0 unspecified atom stereocenters. The molecule has 6 heteroatoms. The van der Waals surface area contributed by atoms with Gasteiger partial charge in [-0.2, -0.15) is 0 Å². The Morgan fingerprint density at radius 1 is 1.08 bits per heavy atom. The van der Waals surface area contributed by atoms with Crippen LogP contribution in [0.15, 0.2) is 35.5 Å². The Morgan fingerprint density at radius 3 is 2.20 bits per heavy atom. The maximum Gasteiger partial charge on any atom is 0.355 e. The molecule has 25 heavy (non-hydrogen) atoms. The van der Waals surface area contributed by atoms with Crippen molar-refractivity contribution in [3.63, 3.8) is 0 Å². The highest BCUT2D eigenvalue weighted by molar-refractivity contribution is 6.03. The van der Waals surface area contributed by atoms with Crippen LogP contribution in [-0.4, -0.2) is 39.5 Å². The maximum atomic E-state index is 12.3. The van der Waals surface area contributed by atoms with Gasteiger partial charge in [0.1, 0.15) is 12.4 Å². The third-order valence-electron chi connectivity index (χ3n) is 4.49. The fourth-order valence-corrected chi connectivity index (χ4v) is 3.03. The molecule has 1 aliphatic heterocycles. The lowest BCUT2D eigenvalue weighted by atomic mass is 9.94. The van der Waals surface area contributed by atoms with Crippen LogP contribution in [0.3, 0.4) is 0 Å². The van der Waals surface area contributed by atoms with Gasteiger partial charge in [-0.15, -0.1) is 0 Å². The van der Waals surface area contributed by atoms with Gasteiger partial charge in [0.25, 0.3) is 0 Å². The van der Waals surface area contributed by atoms with E-state index in [0.717, 1.165) is 18.5 Å². The van der Waals surface area contributed by atoms with Crippen molar-refractivity contribution in [2.75, 3.05) is 32.5 Å². The second-order valence-electron chi connectivity index (χ2n) is 5.82. The smallest absolute Gasteiger partial charge is 0.355 e. The van der Waals surface area contributed by atoms with E-state index < -0.39 is 11.9 Å². The van der Waals surface area contributed by atoms with Crippen LogP contribution in [0.2, 0.25) is 0 Å². The summed E-state index contributed by atoms with van der Waals surface area (Å²) in [5.41, 5.74) is 2.33. The first-order chi connectivity index (χ1) is 12.1. The number of esters is 2. The van der Waals surface area contributed by atoms with Gasteiger partial charge < -0.3 is 19.1 Å². The predicted octanol–water partition coefficient (Wildman–Crippen LogP) is 2.98. The van der Waals surface area contributed by atoms with E-state index in [9.17, 15) is 9.59 Å². The monoisotopic (exact) mass is 347 g/mol. The van der Waals surface area contributed by atoms with E-state index in [4.69, 9.17) is 14.2 Å². The van der Waals surface area contributed by atoms with Crippen LogP contribution in [0.5, 0.6) is 0 Å². The van der Waals surface area contributed by atoms with E-state index in [0.29, 0.717) is 5.92 Å². The fourth-order valence-electron chi connectivity index (χ4n) is 3.03. The van der Waals surface area contributed by atoms with Crippen LogP contribution in [0.1, 0.15) is 38.2 Å². The molecule has 0 spiro atoms. The number of anilines is 1. The van der Waals surface area contributed by atoms with Gasteiger partial charge in [0.2, 0.25) is 0 Å². The lowest BCUT2D eigenvalue weighted by Gasteiger charge is -2.31. The van der Waals surface area contributed by atoms with Gasteiger partial charge in [-0.1, -0.05) is 26.0 Å². The Kier molecular flexibility index (Phi) is 6.58. The van der Waals surface area contributed by atoms with Gasteiger partial charge in [-0.25, -0.2) is 9.59 Å². The lowest BCUT2D eigenvalue weighted by molar-refractivity contribution is -0.140. The van der Waals surface area contributed by atoms with Crippen LogP contribution in [0.25, 0.3) is 0 Å². The van der Waals surface area contributed by atoms with Gasteiger partial charge in [-0.05, 0) is 36.5 Å². The third kappa shape index (κ3) is 4.02. The predicted molar refractivity (Wildman–Crippen MR) is 94.1 cm³/mol. The largest absolute Gasteiger partial charge is 0.466 e. The minimum atomic E-state index is -0.598. The van der Waals surface area contributed by atoms with Gasteiger partial charge >= 0.3 is 11.9 Å². The molecule has 0 aromatic heterocycles.